The smallest absolute Gasteiger partial charge is 0.328 e. The number of nitrogens with zero attached hydrogens (tertiary/aromatic N) is 2. The molecule has 0 aliphatic carbocycles. The maximum absolute atomic E-state index is 11.0. The van der Waals surface area contributed by atoms with E-state index in [-0.39, 0.29) is 6.23 Å². The first-order valence-corrected chi connectivity index (χ1v) is 14.6. The van der Waals surface area contributed by atoms with Crippen molar-refractivity contribution in [2.24, 2.45) is 0 Å². The third-order valence-electron chi connectivity index (χ3n) is 7.53. The van der Waals surface area contributed by atoms with Gasteiger partial charge in [0, 0.05) is 18.1 Å². The SMILES string of the molecule is CCCCOc1cccc(C(CC)=C(c2ccc(C=CC(=O)O)cc2)c2ccc3c(cnn3C3CCCCO3)c2)c1. The molecular weight excluding hydrogens is 512 g/mol. The number of hydrogen-bond donors (Lipinski definition) is 1. The van der Waals surface area contributed by atoms with Gasteiger partial charge in [0.25, 0.3) is 0 Å². The minimum Gasteiger partial charge on any atom is -0.494 e. The molecule has 5 rings (SSSR count). The first-order valence-electron chi connectivity index (χ1n) is 14.6. The van der Waals surface area contributed by atoms with Crippen LogP contribution in [-0.4, -0.2) is 34.1 Å². The molecule has 3 aromatic carbocycles. The van der Waals surface area contributed by atoms with Crippen molar-refractivity contribution in [3.05, 3.63) is 101 Å². The van der Waals surface area contributed by atoms with Gasteiger partial charge in [-0.05, 0) is 95.8 Å². The molecule has 0 saturated carbocycles. The first kappa shape index (κ1) is 28.4. The van der Waals surface area contributed by atoms with Crippen LogP contribution in [0.25, 0.3) is 28.1 Å². The van der Waals surface area contributed by atoms with Gasteiger partial charge in [0.15, 0.2) is 6.23 Å². The summed E-state index contributed by atoms with van der Waals surface area (Å²) < 4.78 is 14.1. The number of carboxylic acid groups (broad SMARTS) is 1. The van der Waals surface area contributed by atoms with Gasteiger partial charge in [0.2, 0.25) is 0 Å². The zero-order valence-electron chi connectivity index (χ0n) is 23.9. The number of hydrogen-bond acceptors (Lipinski definition) is 4. The lowest BCUT2D eigenvalue weighted by molar-refractivity contribution is -0.131. The monoisotopic (exact) mass is 550 g/mol. The van der Waals surface area contributed by atoms with Crippen LogP contribution in [0.5, 0.6) is 5.75 Å². The molecule has 4 aromatic rings. The summed E-state index contributed by atoms with van der Waals surface area (Å²) in [4.78, 5) is 11.0. The van der Waals surface area contributed by atoms with Crippen molar-refractivity contribution in [2.75, 3.05) is 13.2 Å². The summed E-state index contributed by atoms with van der Waals surface area (Å²) >= 11 is 0. The molecule has 1 aliphatic rings. The second-order valence-electron chi connectivity index (χ2n) is 10.4. The van der Waals surface area contributed by atoms with Crippen LogP contribution in [0.15, 0.2) is 79.0 Å². The lowest BCUT2D eigenvalue weighted by Gasteiger charge is -2.23. The fourth-order valence-electron chi connectivity index (χ4n) is 5.43. The molecule has 1 aromatic heterocycles. The number of carbonyl (C=O) groups is 1. The molecule has 1 fully saturated rings. The molecule has 0 amide bonds. The van der Waals surface area contributed by atoms with Crippen LogP contribution in [0.1, 0.15) is 80.9 Å². The molecule has 0 spiro atoms. The van der Waals surface area contributed by atoms with E-state index in [0.29, 0.717) is 6.61 Å². The Morgan fingerprint density at radius 2 is 1.88 bits per heavy atom. The third kappa shape index (κ3) is 6.77. The zero-order valence-corrected chi connectivity index (χ0v) is 23.9. The van der Waals surface area contributed by atoms with E-state index >= 15 is 0 Å². The number of benzene rings is 3. The van der Waals surface area contributed by atoms with Gasteiger partial charge in [-0.25, -0.2) is 9.48 Å². The van der Waals surface area contributed by atoms with Crippen LogP contribution in [0.2, 0.25) is 0 Å². The predicted octanol–water partition coefficient (Wildman–Crippen LogP) is 8.38. The van der Waals surface area contributed by atoms with Crippen LogP contribution in [0.4, 0.5) is 0 Å². The second-order valence-corrected chi connectivity index (χ2v) is 10.4. The zero-order chi connectivity index (χ0) is 28.6. The van der Waals surface area contributed by atoms with Crippen molar-refractivity contribution < 1.29 is 19.4 Å². The Morgan fingerprint density at radius 3 is 2.61 bits per heavy atom. The summed E-state index contributed by atoms with van der Waals surface area (Å²) in [6.45, 7) is 5.82. The van der Waals surface area contributed by atoms with E-state index in [1.54, 1.807) is 6.08 Å². The third-order valence-corrected chi connectivity index (χ3v) is 7.53. The summed E-state index contributed by atoms with van der Waals surface area (Å²) in [6.07, 6.45) is 10.8. The summed E-state index contributed by atoms with van der Waals surface area (Å²) in [7, 11) is 0. The van der Waals surface area contributed by atoms with Crippen molar-refractivity contribution >= 4 is 34.1 Å². The number of aliphatic carboxylic acids is 1. The van der Waals surface area contributed by atoms with Gasteiger partial charge in [0.1, 0.15) is 5.75 Å². The lowest BCUT2D eigenvalue weighted by Crippen LogP contribution is -2.18. The minimum atomic E-state index is -0.962. The topological polar surface area (TPSA) is 73.6 Å². The number of carboxylic acids is 1. The van der Waals surface area contributed by atoms with Crippen molar-refractivity contribution in [1.29, 1.82) is 0 Å². The summed E-state index contributed by atoms with van der Waals surface area (Å²) in [5, 5.41) is 14.8. The Bertz CT molecular complexity index is 1540. The van der Waals surface area contributed by atoms with E-state index in [2.05, 4.69) is 62.4 Å². The van der Waals surface area contributed by atoms with Crippen molar-refractivity contribution in [3.63, 3.8) is 0 Å². The molecule has 0 radical (unpaired) electrons. The summed E-state index contributed by atoms with van der Waals surface area (Å²) in [6, 6.07) is 23.0. The molecule has 1 saturated heterocycles. The number of allylic oxidation sites excluding steroid dienone is 1. The first-order chi connectivity index (χ1) is 20.1. The van der Waals surface area contributed by atoms with E-state index in [9.17, 15) is 4.79 Å². The molecule has 2 heterocycles. The highest BCUT2D eigenvalue weighted by molar-refractivity contribution is 6.00. The van der Waals surface area contributed by atoms with Gasteiger partial charge in [0.05, 0.1) is 18.3 Å². The molecule has 0 bridgehead atoms. The van der Waals surface area contributed by atoms with Gasteiger partial charge in [-0.15, -0.1) is 0 Å². The van der Waals surface area contributed by atoms with Crippen molar-refractivity contribution in [2.45, 2.75) is 58.6 Å². The average Bonchev–Trinajstić information content (AvgIpc) is 3.43. The minimum absolute atomic E-state index is 0.0184. The molecular formula is C35H38N2O4. The highest BCUT2D eigenvalue weighted by Gasteiger charge is 2.20. The van der Waals surface area contributed by atoms with Crippen LogP contribution in [-0.2, 0) is 9.53 Å². The van der Waals surface area contributed by atoms with Crippen molar-refractivity contribution in [1.82, 2.24) is 9.78 Å². The Hall–Kier alpha value is -4.16. The second kappa shape index (κ2) is 13.5. The Kier molecular flexibility index (Phi) is 9.32. The van der Waals surface area contributed by atoms with E-state index in [1.807, 2.05) is 29.1 Å². The molecule has 6 heteroatoms. The van der Waals surface area contributed by atoms with E-state index in [4.69, 9.17) is 19.7 Å². The van der Waals surface area contributed by atoms with E-state index < -0.39 is 5.97 Å². The van der Waals surface area contributed by atoms with Crippen LogP contribution in [0.3, 0.4) is 0 Å². The molecule has 6 nitrogen and oxygen atoms in total. The Labute approximate surface area is 241 Å². The number of unbranched alkanes of at least 4 members (excludes halogenated alkanes) is 1. The number of rotatable bonds is 11. The van der Waals surface area contributed by atoms with Gasteiger partial charge >= 0.3 is 5.97 Å². The number of fused-ring (bicyclic) bond motifs is 1. The molecule has 212 valence electrons. The van der Waals surface area contributed by atoms with E-state index in [1.165, 1.54) is 5.57 Å². The van der Waals surface area contributed by atoms with Crippen molar-refractivity contribution in [3.8, 4) is 5.75 Å². The van der Waals surface area contributed by atoms with Gasteiger partial charge in [-0.1, -0.05) is 62.7 Å². The molecule has 1 aliphatic heterocycles. The quantitative estimate of drug-likeness (QED) is 0.115. The van der Waals surface area contributed by atoms with Gasteiger partial charge in [-0.3, -0.25) is 0 Å². The summed E-state index contributed by atoms with van der Waals surface area (Å²) in [5.74, 6) is -0.0870. The number of ether oxygens (including phenoxy) is 2. The summed E-state index contributed by atoms with van der Waals surface area (Å²) in [5.41, 5.74) is 7.54. The van der Waals surface area contributed by atoms with Gasteiger partial charge < -0.3 is 14.6 Å². The van der Waals surface area contributed by atoms with Crippen LogP contribution < -0.4 is 4.74 Å². The highest BCUT2D eigenvalue weighted by Crippen LogP contribution is 2.37. The molecule has 1 atom stereocenters. The fourth-order valence-corrected chi connectivity index (χ4v) is 5.43. The Morgan fingerprint density at radius 1 is 1.05 bits per heavy atom. The molecule has 41 heavy (non-hydrogen) atoms. The predicted molar refractivity (Wildman–Crippen MR) is 165 cm³/mol. The lowest BCUT2D eigenvalue weighted by atomic mass is 9.87. The van der Waals surface area contributed by atoms with Crippen LogP contribution in [0, 0.1) is 0 Å². The maximum Gasteiger partial charge on any atom is 0.328 e. The Balaban J connectivity index is 1.60. The average molecular weight is 551 g/mol. The van der Waals surface area contributed by atoms with Gasteiger partial charge in [-0.2, -0.15) is 5.10 Å². The van der Waals surface area contributed by atoms with E-state index in [0.717, 1.165) is 95.7 Å². The highest BCUT2D eigenvalue weighted by atomic mass is 16.5. The largest absolute Gasteiger partial charge is 0.494 e. The van der Waals surface area contributed by atoms with Crippen LogP contribution >= 0.6 is 0 Å². The standard InChI is InChI=1S/C35H38N2O4/c1-3-5-20-40-30-10-8-9-27(23-30)31(4-2)35(26-15-12-25(13-16-26)14-19-34(38)39)28-17-18-32-29(22-28)24-36-37(32)33-11-6-7-21-41-33/h8-10,12-19,22-24,33H,3-7,11,20-21H2,1-2H3,(H,38,39). The maximum atomic E-state index is 11.0. The normalized spacial score (nSPS) is 16.2. The molecule has 1 unspecified atom stereocenters. The number of aromatic nitrogens is 2. The molecule has 1 N–H and O–H groups in total. The fraction of sp³-hybridized carbons (Fsp3) is 0.314.